The SMILES string of the molecule is Cc1ccc(OCC(=O)Nc2nc3c(Br)cccc3s2)cc1. The number of carbonyl (C=O) groups excluding carboxylic acids is 1. The Morgan fingerprint density at radius 2 is 2.05 bits per heavy atom. The number of rotatable bonds is 4. The van der Waals surface area contributed by atoms with E-state index in [1.54, 1.807) is 0 Å². The largest absolute Gasteiger partial charge is 0.484 e. The standard InChI is InChI=1S/C16H13BrN2O2S/c1-10-5-7-11(8-6-10)21-9-14(20)18-16-19-15-12(17)3-2-4-13(15)22-16/h2-8H,9H2,1H3,(H,18,19,20). The predicted molar refractivity (Wildman–Crippen MR) is 92.6 cm³/mol. The Kier molecular flexibility index (Phi) is 4.40. The van der Waals surface area contributed by atoms with Crippen LogP contribution in [0.1, 0.15) is 5.56 Å². The van der Waals surface area contributed by atoms with Crippen LogP contribution >= 0.6 is 27.3 Å². The van der Waals surface area contributed by atoms with Crippen molar-refractivity contribution in [1.82, 2.24) is 4.98 Å². The average molecular weight is 377 g/mol. The summed E-state index contributed by atoms with van der Waals surface area (Å²) in [6.07, 6.45) is 0. The number of hydrogen-bond donors (Lipinski definition) is 1. The summed E-state index contributed by atoms with van der Waals surface area (Å²) in [5.74, 6) is 0.448. The number of anilines is 1. The summed E-state index contributed by atoms with van der Waals surface area (Å²) in [7, 11) is 0. The number of ether oxygens (including phenoxy) is 1. The van der Waals surface area contributed by atoms with Crippen LogP contribution in [0, 0.1) is 6.92 Å². The normalized spacial score (nSPS) is 10.6. The molecule has 0 aliphatic rings. The van der Waals surface area contributed by atoms with Crippen molar-refractivity contribution in [3.63, 3.8) is 0 Å². The number of carbonyl (C=O) groups is 1. The van der Waals surface area contributed by atoms with E-state index in [0.717, 1.165) is 20.3 Å². The van der Waals surface area contributed by atoms with Crippen LogP contribution in [0.3, 0.4) is 0 Å². The molecule has 4 nitrogen and oxygen atoms in total. The third kappa shape index (κ3) is 3.45. The second-order valence-corrected chi connectivity index (χ2v) is 6.64. The number of hydrogen-bond acceptors (Lipinski definition) is 4. The Morgan fingerprint density at radius 1 is 1.27 bits per heavy atom. The first-order valence-corrected chi connectivity index (χ1v) is 8.27. The Morgan fingerprint density at radius 3 is 2.77 bits per heavy atom. The summed E-state index contributed by atoms with van der Waals surface area (Å²) in [5, 5.41) is 3.33. The van der Waals surface area contributed by atoms with Crippen LogP contribution < -0.4 is 10.1 Å². The van der Waals surface area contributed by atoms with Gasteiger partial charge in [0.05, 0.1) is 10.2 Å². The summed E-state index contributed by atoms with van der Waals surface area (Å²) < 4.78 is 7.38. The van der Waals surface area contributed by atoms with Crippen molar-refractivity contribution < 1.29 is 9.53 Å². The van der Waals surface area contributed by atoms with Crippen LogP contribution in [0.15, 0.2) is 46.9 Å². The van der Waals surface area contributed by atoms with Gasteiger partial charge in [-0.05, 0) is 47.1 Å². The monoisotopic (exact) mass is 376 g/mol. The van der Waals surface area contributed by atoms with E-state index in [4.69, 9.17) is 4.74 Å². The van der Waals surface area contributed by atoms with Gasteiger partial charge in [-0.25, -0.2) is 4.98 Å². The minimum atomic E-state index is -0.226. The van der Waals surface area contributed by atoms with Crippen molar-refractivity contribution in [1.29, 1.82) is 0 Å². The van der Waals surface area contributed by atoms with Gasteiger partial charge in [0, 0.05) is 4.47 Å². The fourth-order valence-corrected chi connectivity index (χ4v) is 3.40. The van der Waals surface area contributed by atoms with Gasteiger partial charge >= 0.3 is 0 Å². The van der Waals surface area contributed by atoms with Crippen LogP contribution in [0.5, 0.6) is 5.75 Å². The lowest BCUT2D eigenvalue weighted by molar-refractivity contribution is -0.118. The molecule has 0 saturated heterocycles. The lowest BCUT2D eigenvalue weighted by Crippen LogP contribution is -2.19. The highest BCUT2D eigenvalue weighted by Gasteiger charge is 2.10. The summed E-state index contributed by atoms with van der Waals surface area (Å²) >= 11 is 4.89. The van der Waals surface area contributed by atoms with E-state index in [1.807, 2.05) is 49.4 Å². The molecule has 0 unspecified atom stereocenters. The molecule has 1 heterocycles. The van der Waals surface area contributed by atoms with Crippen molar-refractivity contribution in [3.05, 3.63) is 52.5 Å². The summed E-state index contributed by atoms with van der Waals surface area (Å²) in [6.45, 7) is 1.96. The first-order valence-electron chi connectivity index (χ1n) is 6.66. The zero-order valence-electron chi connectivity index (χ0n) is 11.8. The molecule has 3 rings (SSSR count). The van der Waals surface area contributed by atoms with E-state index in [-0.39, 0.29) is 12.5 Å². The Labute approximate surface area is 140 Å². The van der Waals surface area contributed by atoms with E-state index in [1.165, 1.54) is 11.3 Å². The number of halogens is 1. The number of nitrogens with one attached hydrogen (secondary N) is 1. The second kappa shape index (κ2) is 6.46. The topological polar surface area (TPSA) is 51.2 Å². The summed E-state index contributed by atoms with van der Waals surface area (Å²) in [6, 6.07) is 13.4. The number of thiazole rings is 1. The van der Waals surface area contributed by atoms with Crippen LogP contribution in [0.4, 0.5) is 5.13 Å². The Balaban J connectivity index is 1.63. The maximum atomic E-state index is 11.9. The lowest BCUT2D eigenvalue weighted by atomic mass is 10.2. The molecule has 1 amide bonds. The zero-order chi connectivity index (χ0) is 15.5. The second-order valence-electron chi connectivity index (χ2n) is 4.76. The van der Waals surface area contributed by atoms with E-state index in [9.17, 15) is 4.79 Å². The van der Waals surface area contributed by atoms with Crippen molar-refractivity contribution >= 4 is 48.5 Å². The van der Waals surface area contributed by atoms with Gasteiger partial charge in [-0.1, -0.05) is 35.1 Å². The molecule has 2 aromatic carbocycles. The number of aryl methyl sites for hydroxylation is 1. The number of para-hydroxylation sites is 1. The van der Waals surface area contributed by atoms with Crippen LogP contribution in [-0.2, 0) is 4.79 Å². The molecule has 0 bridgehead atoms. The van der Waals surface area contributed by atoms with Crippen LogP contribution in [0.2, 0.25) is 0 Å². The van der Waals surface area contributed by atoms with E-state index < -0.39 is 0 Å². The fraction of sp³-hybridized carbons (Fsp3) is 0.125. The highest BCUT2D eigenvalue weighted by atomic mass is 79.9. The minimum absolute atomic E-state index is 0.0415. The molecular weight excluding hydrogens is 364 g/mol. The number of nitrogens with zero attached hydrogens (tertiary/aromatic N) is 1. The quantitative estimate of drug-likeness (QED) is 0.734. The third-order valence-electron chi connectivity index (χ3n) is 3.01. The molecule has 0 spiro atoms. The van der Waals surface area contributed by atoms with E-state index in [2.05, 4.69) is 26.2 Å². The Hall–Kier alpha value is -1.92. The molecular formula is C16H13BrN2O2S. The molecule has 0 atom stereocenters. The van der Waals surface area contributed by atoms with Crippen LogP contribution in [0.25, 0.3) is 10.2 Å². The van der Waals surface area contributed by atoms with Gasteiger partial charge in [0.2, 0.25) is 0 Å². The van der Waals surface area contributed by atoms with Crippen molar-refractivity contribution in [2.45, 2.75) is 6.92 Å². The first kappa shape index (κ1) is 15.0. The maximum absolute atomic E-state index is 11.9. The van der Waals surface area contributed by atoms with E-state index in [0.29, 0.717) is 10.9 Å². The van der Waals surface area contributed by atoms with Gasteiger partial charge in [-0.3, -0.25) is 10.1 Å². The third-order valence-corrected chi connectivity index (χ3v) is 4.58. The highest BCUT2D eigenvalue weighted by Crippen LogP contribution is 2.30. The Bertz CT molecular complexity index is 815. The molecule has 0 aliphatic carbocycles. The average Bonchev–Trinajstić information content (AvgIpc) is 2.90. The minimum Gasteiger partial charge on any atom is -0.484 e. The smallest absolute Gasteiger partial charge is 0.264 e. The van der Waals surface area contributed by atoms with Crippen molar-refractivity contribution in [2.75, 3.05) is 11.9 Å². The molecule has 0 radical (unpaired) electrons. The lowest BCUT2D eigenvalue weighted by Gasteiger charge is -2.05. The number of aromatic nitrogens is 1. The van der Waals surface area contributed by atoms with Gasteiger partial charge in [0.25, 0.3) is 5.91 Å². The molecule has 0 fully saturated rings. The molecule has 3 aromatic rings. The number of benzene rings is 2. The summed E-state index contributed by atoms with van der Waals surface area (Å²) in [4.78, 5) is 16.3. The first-order chi connectivity index (χ1) is 10.6. The van der Waals surface area contributed by atoms with Crippen LogP contribution in [-0.4, -0.2) is 17.5 Å². The molecule has 1 N–H and O–H groups in total. The van der Waals surface area contributed by atoms with Crippen molar-refractivity contribution in [3.8, 4) is 5.75 Å². The summed E-state index contributed by atoms with van der Waals surface area (Å²) in [5.41, 5.74) is 2.00. The molecule has 0 saturated carbocycles. The molecule has 6 heteroatoms. The molecule has 0 aliphatic heterocycles. The molecule has 22 heavy (non-hydrogen) atoms. The van der Waals surface area contributed by atoms with E-state index >= 15 is 0 Å². The number of amides is 1. The fourth-order valence-electron chi connectivity index (χ4n) is 1.91. The predicted octanol–water partition coefficient (Wildman–Crippen LogP) is 4.38. The maximum Gasteiger partial charge on any atom is 0.264 e. The number of fused-ring (bicyclic) bond motifs is 1. The van der Waals surface area contributed by atoms with Gasteiger partial charge in [-0.2, -0.15) is 0 Å². The van der Waals surface area contributed by atoms with Gasteiger partial charge < -0.3 is 4.74 Å². The van der Waals surface area contributed by atoms with Gasteiger partial charge in [-0.15, -0.1) is 0 Å². The highest BCUT2D eigenvalue weighted by molar-refractivity contribution is 9.10. The molecule has 1 aromatic heterocycles. The zero-order valence-corrected chi connectivity index (χ0v) is 14.2. The van der Waals surface area contributed by atoms with Gasteiger partial charge in [0.15, 0.2) is 11.7 Å². The van der Waals surface area contributed by atoms with Crippen molar-refractivity contribution in [2.24, 2.45) is 0 Å². The van der Waals surface area contributed by atoms with Gasteiger partial charge in [0.1, 0.15) is 5.75 Å². The molecule has 112 valence electrons.